The van der Waals surface area contributed by atoms with Crippen molar-refractivity contribution in [1.29, 1.82) is 0 Å². The SMILES string of the molecule is CC(C)(O)c1cnnn1[C@H]1C[C@@H](C(=O)NC(CCCCNC(=O)O)C(=O)C(N)=O)N(C(=O)[C@@H](CC2CCCCC2)NC(=O)c2cc3ccccc3c(=O)[nH]2)C1. The van der Waals surface area contributed by atoms with E-state index in [-0.39, 0.29) is 50.4 Å². The molecule has 0 spiro atoms. The van der Waals surface area contributed by atoms with E-state index < -0.39 is 70.8 Å². The Kier molecular flexibility index (Phi) is 13.0. The molecule has 0 bridgehead atoms. The standard InChI is InChI=1S/C37H49N9O9/c1-37(2,55)29-19-40-44-46(29)23-18-28(34(51)41-25(30(47)31(38)48)14-8-9-15-39-36(53)54)45(20-23)35(52)27(16-21-10-4-3-5-11-21)43-33(50)26-17-22-12-6-7-13-24(22)32(49)42-26/h6-7,12-13,17,19,21,23,25,27-28,39,55H,3-5,8-11,14-16,18,20H2,1-2H3,(H2,38,48)(H,41,51)(H,42,49)(H,43,50)(H,53,54)/t23-,25?,27+,28-/m0/s1. The second kappa shape index (κ2) is 17.7. The van der Waals surface area contributed by atoms with Crippen molar-refractivity contribution in [2.45, 2.75) is 108 Å². The molecule has 1 unspecified atom stereocenters. The number of aromatic nitrogens is 4. The van der Waals surface area contributed by atoms with Crippen LogP contribution in [0.5, 0.6) is 0 Å². The molecule has 2 aromatic heterocycles. The summed E-state index contributed by atoms with van der Waals surface area (Å²) in [4.78, 5) is 95.2. The third-order valence-corrected chi connectivity index (χ3v) is 10.4. The van der Waals surface area contributed by atoms with Crippen LogP contribution in [0.1, 0.15) is 100 Å². The number of nitrogens with zero attached hydrogens (tertiary/aromatic N) is 4. The molecule has 2 aliphatic rings. The number of carboxylic acid groups (broad SMARTS) is 1. The number of nitrogens with two attached hydrogens (primary N) is 1. The number of hydrogen-bond acceptors (Lipinski definition) is 10. The summed E-state index contributed by atoms with van der Waals surface area (Å²) in [5.41, 5.74) is 3.75. The topological polar surface area (TPSA) is 272 Å². The average molecular weight is 764 g/mol. The zero-order chi connectivity index (χ0) is 39.9. The van der Waals surface area contributed by atoms with Gasteiger partial charge in [0, 0.05) is 24.9 Å². The van der Waals surface area contributed by atoms with Gasteiger partial charge >= 0.3 is 6.09 Å². The van der Waals surface area contributed by atoms with Crippen LogP contribution < -0.4 is 27.2 Å². The van der Waals surface area contributed by atoms with E-state index >= 15 is 0 Å². The van der Waals surface area contributed by atoms with Crippen molar-refractivity contribution in [2.24, 2.45) is 11.7 Å². The number of carbonyl (C=O) groups is 6. The molecule has 1 saturated carbocycles. The molecular weight excluding hydrogens is 714 g/mol. The van der Waals surface area contributed by atoms with Crippen LogP contribution in [-0.2, 0) is 24.8 Å². The highest BCUT2D eigenvalue weighted by molar-refractivity contribution is 6.37. The number of likely N-dealkylation sites (tertiary alicyclic amines) is 1. The number of aromatic amines is 1. The minimum atomic E-state index is -1.39. The number of ketones is 1. The summed E-state index contributed by atoms with van der Waals surface area (Å²) < 4.78 is 1.45. The lowest BCUT2D eigenvalue weighted by atomic mass is 9.84. The van der Waals surface area contributed by atoms with E-state index in [2.05, 4.69) is 31.2 Å². The van der Waals surface area contributed by atoms with Crippen molar-refractivity contribution in [2.75, 3.05) is 13.1 Å². The van der Waals surface area contributed by atoms with Gasteiger partial charge in [-0.3, -0.25) is 28.8 Å². The Bertz CT molecular complexity index is 1960. The van der Waals surface area contributed by atoms with Crippen LogP contribution >= 0.6 is 0 Å². The number of amides is 5. The first-order valence-electron chi connectivity index (χ1n) is 18.6. The predicted octanol–water partition coefficient (Wildman–Crippen LogP) is 1.24. The number of pyridine rings is 1. The van der Waals surface area contributed by atoms with Crippen LogP contribution in [0.3, 0.4) is 0 Å². The molecule has 5 rings (SSSR count). The molecule has 18 heteroatoms. The van der Waals surface area contributed by atoms with Gasteiger partial charge in [0.2, 0.25) is 17.6 Å². The fourth-order valence-corrected chi connectivity index (χ4v) is 7.56. The molecule has 8 N–H and O–H groups in total. The molecule has 2 fully saturated rings. The van der Waals surface area contributed by atoms with Crippen molar-refractivity contribution in [3.05, 3.63) is 58.3 Å². The highest BCUT2D eigenvalue weighted by Gasteiger charge is 2.45. The summed E-state index contributed by atoms with van der Waals surface area (Å²) in [5.74, 6) is -4.25. The van der Waals surface area contributed by atoms with Gasteiger partial charge in [0.1, 0.15) is 23.4 Å². The summed E-state index contributed by atoms with van der Waals surface area (Å²) in [6.45, 7) is 3.09. The molecule has 1 aliphatic carbocycles. The Hall–Kier alpha value is -5.65. The van der Waals surface area contributed by atoms with Crippen molar-refractivity contribution >= 4 is 46.3 Å². The molecule has 1 aromatic carbocycles. The van der Waals surface area contributed by atoms with Crippen molar-refractivity contribution in [3.63, 3.8) is 0 Å². The van der Waals surface area contributed by atoms with E-state index in [0.717, 1.165) is 32.1 Å². The zero-order valence-electron chi connectivity index (χ0n) is 31.0. The Morgan fingerprint density at radius 2 is 1.76 bits per heavy atom. The van der Waals surface area contributed by atoms with Crippen LogP contribution in [0, 0.1) is 5.92 Å². The van der Waals surface area contributed by atoms with Crippen LogP contribution in [0.15, 0.2) is 41.3 Å². The van der Waals surface area contributed by atoms with Crippen molar-refractivity contribution in [1.82, 2.24) is 40.8 Å². The number of Topliss-reactive ketones (excluding diaryl/α,β-unsaturated/α-hetero) is 1. The molecule has 0 radical (unpaired) electrons. The maximum atomic E-state index is 14.8. The minimum absolute atomic E-state index is 0.0217. The summed E-state index contributed by atoms with van der Waals surface area (Å²) in [5, 5.41) is 36.4. The van der Waals surface area contributed by atoms with Crippen LogP contribution in [-0.4, -0.2) is 102 Å². The highest BCUT2D eigenvalue weighted by atomic mass is 16.4. The van der Waals surface area contributed by atoms with Crippen LogP contribution in [0.2, 0.25) is 0 Å². The molecule has 3 heterocycles. The lowest BCUT2D eigenvalue weighted by Gasteiger charge is -2.32. The number of nitrogens with one attached hydrogen (secondary N) is 4. The number of hydrogen-bond donors (Lipinski definition) is 7. The molecular formula is C37H49N9O9. The summed E-state index contributed by atoms with van der Waals surface area (Å²) in [7, 11) is 0. The second-order valence-electron chi connectivity index (χ2n) is 14.9. The van der Waals surface area contributed by atoms with Gasteiger partial charge in [-0.25, -0.2) is 9.48 Å². The second-order valence-corrected chi connectivity index (χ2v) is 14.9. The molecule has 4 atom stereocenters. The number of unbranched alkanes of at least 4 members (excludes halogenated alkanes) is 1. The average Bonchev–Trinajstić information content (AvgIpc) is 3.82. The maximum absolute atomic E-state index is 14.8. The van der Waals surface area contributed by atoms with E-state index in [1.807, 2.05) is 0 Å². The number of aliphatic hydroxyl groups is 1. The first-order chi connectivity index (χ1) is 26.1. The van der Waals surface area contributed by atoms with Crippen LogP contribution in [0.25, 0.3) is 10.8 Å². The lowest BCUT2D eigenvalue weighted by Crippen LogP contribution is -2.56. The van der Waals surface area contributed by atoms with Crippen molar-refractivity contribution in [3.8, 4) is 0 Å². The third kappa shape index (κ3) is 10.1. The van der Waals surface area contributed by atoms with Gasteiger partial charge in [-0.2, -0.15) is 0 Å². The highest BCUT2D eigenvalue weighted by Crippen LogP contribution is 2.33. The first kappa shape index (κ1) is 40.5. The Balaban J connectivity index is 1.46. The Morgan fingerprint density at radius 3 is 2.45 bits per heavy atom. The number of carbonyl (C=O) groups excluding carboxylic acids is 5. The summed E-state index contributed by atoms with van der Waals surface area (Å²) in [6, 6.07) is 3.96. The molecule has 3 aromatic rings. The van der Waals surface area contributed by atoms with Gasteiger partial charge in [-0.1, -0.05) is 55.5 Å². The van der Waals surface area contributed by atoms with E-state index in [1.54, 1.807) is 38.1 Å². The maximum Gasteiger partial charge on any atom is 0.404 e. The molecule has 1 aliphatic heterocycles. The zero-order valence-corrected chi connectivity index (χ0v) is 31.0. The fraction of sp³-hybridized carbons (Fsp3) is 0.541. The first-order valence-corrected chi connectivity index (χ1v) is 18.6. The normalized spacial score (nSPS) is 18.7. The molecule has 55 heavy (non-hydrogen) atoms. The Labute approximate surface area is 316 Å². The van der Waals surface area contributed by atoms with E-state index in [0.29, 0.717) is 22.9 Å². The molecule has 1 saturated heterocycles. The van der Waals surface area contributed by atoms with Gasteiger partial charge in [0.25, 0.3) is 17.4 Å². The van der Waals surface area contributed by atoms with E-state index in [1.165, 1.54) is 21.8 Å². The van der Waals surface area contributed by atoms with Gasteiger partial charge in [0.05, 0.1) is 24.0 Å². The largest absolute Gasteiger partial charge is 0.465 e. The molecule has 5 amide bonds. The molecule has 296 valence electrons. The number of fused-ring (bicyclic) bond motifs is 1. The van der Waals surface area contributed by atoms with Gasteiger partial charge in [0.15, 0.2) is 0 Å². The van der Waals surface area contributed by atoms with Gasteiger partial charge in [-0.15, -0.1) is 5.10 Å². The quantitative estimate of drug-likeness (QED) is 0.0805. The van der Waals surface area contributed by atoms with E-state index in [4.69, 9.17) is 10.8 Å². The minimum Gasteiger partial charge on any atom is -0.465 e. The van der Waals surface area contributed by atoms with E-state index in [9.17, 15) is 38.7 Å². The number of rotatable bonds is 16. The molecule has 18 nitrogen and oxygen atoms in total. The fourth-order valence-electron chi connectivity index (χ4n) is 7.56. The number of benzene rings is 1. The number of primary amides is 1. The van der Waals surface area contributed by atoms with Crippen LogP contribution in [0.4, 0.5) is 4.79 Å². The monoisotopic (exact) mass is 763 g/mol. The summed E-state index contributed by atoms with van der Waals surface area (Å²) >= 11 is 0. The summed E-state index contributed by atoms with van der Waals surface area (Å²) in [6.07, 6.45) is 5.59. The van der Waals surface area contributed by atoms with Gasteiger partial charge < -0.3 is 41.8 Å². The Morgan fingerprint density at radius 1 is 1.04 bits per heavy atom. The lowest BCUT2D eigenvalue weighted by molar-refractivity contribution is -0.142. The smallest absolute Gasteiger partial charge is 0.404 e. The third-order valence-electron chi connectivity index (χ3n) is 10.4. The van der Waals surface area contributed by atoms with Crippen molar-refractivity contribution < 1.29 is 39.0 Å². The number of H-pyrrole nitrogens is 1. The predicted molar refractivity (Wildman–Crippen MR) is 197 cm³/mol. The van der Waals surface area contributed by atoms with Gasteiger partial charge in [-0.05, 0) is 63.0 Å².